The van der Waals surface area contributed by atoms with E-state index in [1.807, 2.05) is 18.2 Å². The molecule has 0 atom stereocenters. The monoisotopic (exact) mass is 338 g/mol. The maximum absolute atomic E-state index is 5.50. The standard InChI is InChI=1S/C20H26N4O/c1-2-7-11-23(10-6-1)18-16-19(24-12-14-25-15-13-24)22-20(21-18)17-8-4-3-5-9-17/h3-5,8-9,16H,1-2,6-7,10-15H2. The summed E-state index contributed by atoms with van der Waals surface area (Å²) in [5, 5.41) is 0. The first kappa shape index (κ1) is 16.3. The van der Waals surface area contributed by atoms with Crippen molar-refractivity contribution in [3.8, 4) is 11.4 Å². The summed E-state index contributed by atoms with van der Waals surface area (Å²) in [6.07, 6.45) is 5.14. The Morgan fingerprint density at radius 2 is 1.32 bits per heavy atom. The van der Waals surface area contributed by atoms with E-state index in [1.165, 1.54) is 25.7 Å². The van der Waals surface area contributed by atoms with E-state index in [2.05, 4.69) is 28.0 Å². The molecule has 25 heavy (non-hydrogen) atoms. The molecule has 2 aliphatic rings. The van der Waals surface area contributed by atoms with Crippen molar-refractivity contribution < 1.29 is 4.74 Å². The van der Waals surface area contributed by atoms with Crippen molar-refractivity contribution in [1.82, 2.24) is 9.97 Å². The summed E-state index contributed by atoms with van der Waals surface area (Å²) in [6, 6.07) is 12.5. The normalized spacial score (nSPS) is 18.9. The summed E-state index contributed by atoms with van der Waals surface area (Å²) in [4.78, 5) is 14.6. The van der Waals surface area contributed by atoms with Gasteiger partial charge < -0.3 is 14.5 Å². The Morgan fingerprint density at radius 3 is 1.96 bits per heavy atom. The van der Waals surface area contributed by atoms with Gasteiger partial charge in [-0.3, -0.25) is 0 Å². The molecule has 2 fully saturated rings. The molecule has 2 aromatic rings. The van der Waals surface area contributed by atoms with Crippen LogP contribution in [0.15, 0.2) is 36.4 Å². The molecule has 3 heterocycles. The van der Waals surface area contributed by atoms with Crippen molar-refractivity contribution in [3.63, 3.8) is 0 Å². The summed E-state index contributed by atoms with van der Waals surface area (Å²) in [5.41, 5.74) is 1.08. The highest BCUT2D eigenvalue weighted by Gasteiger charge is 2.19. The van der Waals surface area contributed by atoms with Gasteiger partial charge in [0.15, 0.2) is 5.82 Å². The molecule has 0 N–H and O–H groups in total. The first-order valence-corrected chi connectivity index (χ1v) is 9.42. The lowest BCUT2D eigenvalue weighted by Gasteiger charge is -2.29. The number of nitrogens with zero attached hydrogens (tertiary/aromatic N) is 4. The highest BCUT2D eigenvalue weighted by Crippen LogP contribution is 2.26. The predicted octanol–water partition coefficient (Wildman–Crippen LogP) is 3.36. The molecule has 5 heteroatoms. The maximum Gasteiger partial charge on any atom is 0.163 e. The molecule has 1 aromatic heterocycles. The molecule has 0 bridgehead atoms. The lowest BCUT2D eigenvalue weighted by molar-refractivity contribution is 0.122. The Labute approximate surface area is 149 Å². The van der Waals surface area contributed by atoms with Crippen LogP contribution in [0.2, 0.25) is 0 Å². The highest BCUT2D eigenvalue weighted by molar-refractivity contribution is 5.62. The fourth-order valence-electron chi connectivity index (χ4n) is 3.55. The third kappa shape index (κ3) is 3.93. The zero-order valence-electron chi connectivity index (χ0n) is 14.7. The lowest BCUT2D eigenvalue weighted by atomic mass is 10.2. The molecule has 2 aliphatic heterocycles. The van der Waals surface area contributed by atoms with Crippen LogP contribution in [0.3, 0.4) is 0 Å². The number of benzene rings is 1. The van der Waals surface area contributed by atoms with Gasteiger partial charge in [0.05, 0.1) is 13.2 Å². The highest BCUT2D eigenvalue weighted by atomic mass is 16.5. The van der Waals surface area contributed by atoms with Gasteiger partial charge in [-0.1, -0.05) is 43.2 Å². The molecule has 0 radical (unpaired) electrons. The lowest BCUT2D eigenvalue weighted by Crippen LogP contribution is -2.37. The minimum absolute atomic E-state index is 0.768. The van der Waals surface area contributed by atoms with Crippen molar-refractivity contribution in [1.29, 1.82) is 0 Å². The van der Waals surface area contributed by atoms with E-state index in [9.17, 15) is 0 Å². The van der Waals surface area contributed by atoms with Gasteiger partial charge >= 0.3 is 0 Å². The Bertz CT molecular complexity index is 677. The molecule has 0 unspecified atom stereocenters. The van der Waals surface area contributed by atoms with E-state index >= 15 is 0 Å². The van der Waals surface area contributed by atoms with Gasteiger partial charge in [-0.2, -0.15) is 0 Å². The average molecular weight is 338 g/mol. The zero-order valence-corrected chi connectivity index (χ0v) is 14.7. The predicted molar refractivity (Wildman–Crippen MR) is 101 cm³/mol. The first-order chi connectivity index (χ1) is 12.4. The fraction of sp³-hybridized carbons (Fsp3) is 0.500. The second kappa shape index (κ2) is 7.83. The second-order valence-corrected chi connectivity index (χ2v) is 6.77. The van der Waals surface area contributed by atoms with Gasteiger partial charge in [-0.15, -0.1) is 0 Å². The molecular formula is C20H26N4O. The minimum Gasteiger partial charge on any atom is -0.378 e. The third-order valence-electron chi connectivity index (χ3n) is 5.00. The smallest absolute Gasteiger partial charge is 0.163 e. The van der Waals surface area contributed by atoms with Gasteiger partial charge in [0, 0.05) is 37.8 Å². The fourth-order valence-corrected chi connectivity index (χ4v) is 3.55. The van der Waals surface area contributed by atoms with Crippen molar-refractivity contribution in [2.75, 3.05) is 49.2 Å². The Kier molecular flexibility index (Phi) is 5.11. The number of aromatic nitrogens is 2. The number of morpholine rings is 1. The van der Waals surface area contributed by atoms with Gasteiger partial charge in [-0.05, 0) is 12.8 Å². The number of hydrogen-bond donors (Lipinski definition) is 0. The van der Waals surface area contributed by atoms with E-state index in [1.54, 1.807) is 0 Å². The summed E-state index contributed by atoms with van der Waals surface area (Å²) in [5.74, 6) is 2.91. The van der Waals surface area contributed by atoms with Crippen LogP contribution in [-0.2, 0) is 4.74 Å². The second-order valence-electron chi connectivity index (χ2n) is 6.77. The summed E-state index contributed by atoms with van der Waals surface area (Å²) in [6.45, 7) is 5.50. The first-order valence-electron chi connectivity index (χ1n) is 9.42. The van der Waals surface area contributed by atoms with Crippen LogP contribution in [0, 0.1) is 0 Å². The molecule has 0 aliphatic carbocycles. The van der Waals surface area contributed by atoms with Gasteiger partial charge in [0.25, 0.3) is 0 Å². The largest absolute Gasteiger partial charge is 0.378 e. The third-order valence-corrected chi connectivity index (χ3v) is 5.00. The number of anilines is 2. The molecule has 0 spiro atoms. The molecular weight excluding hydrogens is 312 g/mol. The summed E-state index contributed by atoms with van der Waals surface area (Å²) in [7, 11) is 0. The molecule has 0 saturated carbocycles. The van der Waals surface area contributed by atoms with E-state index in [4.69, 9.17) is 14.7 Å². The number of rotatable bonds is 3. The minimum atomic E-state index is 0.768. The van der Waals surface area contributed by atoms with Crippen molar-refractivity contribution in [2.45, 2.75) is 25.7 Å². The van der Waals surface area contributed by atoms with Gasteiger partial charge in [-0.25, -0.2) is 9.97 Å². The Hall–Kier alpha value is -2.14. The van der Waals surface area contributed by atoms with Crippen molar-refractivity contribution in [3.05, 3.63) is 36.4 Å². The van der Waals surface area contributed by atoms with Crippen LogP contribution < -0.4 is 9.80 Å². The Balaban J connectivity index is 1.71. The molecule has 1 aromatic carbocycles. The number of ether oxygens (including phenoxy) is 1. The van der Waals surface area contributed by atoms with Crippen LogP contribution in [0.5, 0.6) is 0 Å². The van der Waals surface area contributed by atoms with Crippen LogP contribution in [0.1, 0.15) is 25.7 Å². The van der Waals surface area contributed by atoms with E-state index in [0.717, 1.165) is 62.4 Å². The summed E-state index contributed by atoms with van der Waals surface area (Å²) >= 11 is 0. The molecule has 2 saturated heterocycles. The van der Waals surface area contributed by atoms with Crippen LogP contribution in [0.4, 0.5) is 11.6 Å². The van der Waals surface area contributed by atoms with Gasteiger partial charge in [0.1, 0.15) is 11.6 Å². The SMILES string of the molecule is c1ccc(-c2nc(N3CCCCCC3)cc(N3CCOCC3)n2)cc1. The van der Waals surface area contributed by atoms with Crippen LogP contribution >= 0.6 is 0 Å². The molecule has 4 rings (SSSR count). The van der Waals surface area contributed by atoms with E-state index < -0.39 is 0 Å². The van der Waals surface area contributed by atoms with Crippen molar-refractivity contribution in [2.24, 2.45) is 0 Å². The van der Waals surface area contributed by atoms with Gasteiger partial charge in [0.2, 0.25) is 0 Å². The van der Waals surface area contributed by atoms with E-state index in [-0.39, 0.29) is 0 Å². The van der Waals surface area contributed by atoms with Crippen LogP contribution in [0.25, 0.3) is 11.4 Å². The van der Waals surface area contributed by atoms with E-state index in [0.29, 0.717) is 0 Å². The van der Waals surface area contributed by atoms with Crippen molar-refractivity contribution >= 4 is 11.6 Å². The summed E-state index contributed by atoms with van der Waals surface area (Å²) < 4.78 is 5.50. The molecule has 132 valence electrons. The topological polar surface area (TPSA) is 41.5 Å². The Morgan fingerprint density at radius 1 is 0.720 bits per heavy atom. The molecule has 0 amide bonds. The average Bonchev–Trinajstić information content (AvgIpc) is 2.99. The number of hydrogen-bond acceptors (Lipinski definition) is 5. The maximum atomic E-state index is 5.50. The van der Waals surface area contributed by atoms with Crippen LogP contribution in [-0.4, -0.2) is 49.4 Å². The quantitative estimate of drug-likeness (QED) is 0.858. The molecule has 5 nitrogen and oxygen atoms in total. The zero-order chi connectivity index (χ0) is 16.9.